The zero-order valence-electron chi connectivity index (χ0n) is 11.2. The Bertz CT molecular complexity index is 582. The molecule has 1 atom stereocenters. The van der Waals surface area contributed by atoms with Crippen molar-refractivity contribution in [1.29, 1.82) is 5.26 Å². The molecule has 19 heavy (non-hydrogen) atoms. The lowest BCUT2D eigenvalue weighted by molar-refractivity contribution is 0.574. The van der Waals surface area contributed by atoms with Crippen LogP contribution in [0.5, 0.6) is 0 Å². The first-order chi connectivity index (χ1) is 9.19. The van der Waals surface area contributed by atoms with Crippen molar-refractivity contribution in [2.45, 2.75) is 26.4 Å². The molecule has 0 radical (unpaired) electrons. The summed E-state index contributed by atoms with van der Waals surface area (Å²) in [5.74, 6) is 0. The van der Waals surface area contributed by atoms with Crippen molar-refractivity contribution in [2.75, 3.05) is 0 Å². The molecule has 0 unspecified atom stereocenters. The fourth-order valence-corrected chi connectivity index (χ4v) is 1.89. The van der Waals surface area contributed by atoms with Gasteiger partial charge in [-0.3, -0.25) is 0 Å². The molecule has 1 aromatic heterocycles. The maximum absolute atomic E-state index is 8.81. The van der Waals surface area contributed by atoms with Gasteiger partial charge in [0, 0.05) is 18.8 Å². The van der Waals surface area contributed by atoms with Crippen LogP contribution in [0.2, 0.25) is 0 Å². The van der Waals surface area contributed by atoms with E-state index in [1.165, 1.54) is 11.1 Å². The number of aryl methyl sites for hydroxylation is 1. The molecule has 0 aliphatic carbocycles. The summed E-state index contributed by atoms with van der Waals surface area (Å²) in [6.45, 7) is 4.95. The summed E-state index contributed by atoms with van der Waals surface area (Å²) in [4.78, 5) is 3.96. The summed E-state index contributed by atoms with van der Waals surface area (Å²) < 4.78 is 0. The Morgan fingerprint density at radius 1 is 1.26 bits per heavy atom. The fraction of sp³-hybridized carbons (Fsp3) is 0.250. The van der Waals surface area contributed by atoms with Crippen LogP contribution in [0.25, 0.3) is 0 Å². The van der Waals surface area contributed by atoms with Gasteiger partial charge in [0.2, 0.25) is 0 Å². The zero-order valence-corrected chi connectivity index (χ0v) is 11.2. The molecule has 3 nitrogen and oxygen atoms in total. The number of nitrogens with zero attached hydrogens (tertiary/aromatic N) is 2. The Labute approximate surface area is 113 Å². The first-order valence-corrected chi connectivity index (χ1v) is 6.34. The molecule has 0 bridgehead atoms. The second-order valence-electron chi connectivity index (χ2n) is 4.67. The number of nitrogens with one attached hydrogen (secondary N) is 1. The third kappa shape index (κ3) is 3.64. The van der Waals surface area contributed by atoms with Gasteiger partial charge >= 0.3 is 0 Å². The smallest absolute Gasteiger partial charge is 0.140 e. The average Bonchev–Trinajstić information content (AvgIpc) is 2.46. The van der Waals surface area contributed by atoms with Gasteiger partial charge < -0.3 is 5.32 Å². The van der Waals surface area contributed by atoms with Gasteiger partial charge in [0.15, 0.2) is 0 Å². The minimum atomic E-state index is 0.277. The van der Waals surface area contributed by atoms with Crippen molar-refractivity contribution in [3.8, 4) is 6.07 Å². The average molecular weight is 251 g/mol. The Morgan fingerprint density at radius 3 is 2.68 bits per heavy atom. The molecule has 96 valence electrons. The van der Waals surface area contributed by atoms with Gasteiger partial charge in [0.25, 0.3) is 0 Å². The predicted molar refractivity (Wildman–Crippen MR) is 75.4 cm³/mol. The van der Waals surface area contributed by atoms with Crippen LogP contribution in [0.4, 0.5) is 0 Å². The molecule has 0 aliphatic rings. The number of pyridine rings is 1. The molecule has 0 fully saturated rings. The monoisotopic (exact) mass is 251 g/mol. The highest BCUT2D eigenvalue weighted by Crippen LogP contribution is 2.14. The predicted octanol–water partition coefficient (Wildman–Crippen LogP) is 3.11. The number of hydrogen-bond acceptors (Lipinski definition) is 3. The second-order valence-corrected chi connectivity index (χ2v) is 4.67. The summed E-state index contributed by atoms with van der Waals surface area (Å²) in [6, 6.07) is 14.6. The molecule has 0 saturated carbocycles. The lowest BCUT2D eigenvalue weighted by Crippen LogP contribution is -2.18. The molecule has 1 N–H and O–H groups in total. The van der Waals surface area contributed by atoms with Crippen molar-refractivity contribution in [2.24, 2.45) is 0 Å². The zero-order chi connectivity index (χ0) is 13.7. The molecule has 1 aromatic carbocycles. The van der Waals surface area contributed by atoms with E-state index in [9.17, 15) is 0 Å². The van der Waals surface area contributed by atoms with Crippen molar-refractivity contribution in [3.63, 3.8) is 0 Å². The summed E-state index contributed by atoms with van der Waals surface area (Å²) in [7, 11) is 0. The maximum Gasteiger partial charge on any atom is 0.140 e. The van der Waals surface area contributed by atoms with E-state index in [2.05, 4.69) is 54.5 Å². The summed E-state index contributed by atoms with van der Waals surface area (Å²) in [5.41, 5.74) is 4.07. The molecule has 0 spiro atoms. The Kier molecular flexibility index (Phi) is 4.27. The first kappa shape index (κ1) is 13.3. The standard InChI is InChI=1S/C16H17N3/c1-12-3-5-15(6-4-12)13(2)19-11-14-7-8-18-16(9-14)10-17/h3-9,13,19H,11H2,1-2H3/t13-/m0/s1. The van der Waals surface area contributed by atoms with Gasteiger partial charge in [0.1, 0.15) is 11.8 Å². The van der Waals surface area contributed by atoms with Gasteiger partial charge in [-0.1, -0.05) is 29.8 Å². The minimum Gasteiger partial charge on any atom is -0.306 e. The fourth-order valence-electron chi connectivity index (χ4n) is 1.89. The highest BCUT2D eigenvalue weighted by atomic mass is 14.9. The SMILES string of the molecule is Cc1ccc([C@H](C)NCc2ccnc(C#N)c2)cc1. The van der Waals surface area contributed by atoms with E-state index in [4.69, 9.17) is 5.26 Å². The highest BCUT2D eigenvalue weighted by Gasteiger charge is 2.04. The quantitative estimate of drug-likeness (QED) is 0.908. The second kappa shape index (κ2) is 6.12. The van der Waals surface area contributed by atoms with E-state index < -0.39 is 0 Å². The van der Waals surface area contributed by atoms with Gasteiger partial charge in [-0.25, -0.2) is 4.98 Å². The molecule has 3 heteroatoms. The van der Waals surface area contributed by atoms with Crippen molar-refractivity contribution in [1.82, 2.24) is 10.3 Å². The van der Waals surface area contributed by atoms with Crippen LogP contribution in [0.3, 0.4) is 0 Å². The van der Waals surface area contributed by atoms with Gasteiger partial charge in [0.05, 0.1) is 0 Å². The Morgan fingerprint density at radius 2 is 2.00 bits per heavy atom. The third-order valence-electron chi connectivity index (χ3n) is 3.13. The molecule has 0 saturated heterocycles. The number of rotatable bonds is 4. The summed E-state index contributed by atoms with van der Waals surface area (Å²) in [5, 5.41) is 12.3. The van der Waals surface area contributed by atoms with Crippen LogP contribution in [-0.4, -0.2) is 4.98 Å². The van der Waals surface area contributed by atoms with E-state index in [1.54, 1.807) is 6.20 Å². The van der Waals surface area contributed by atoms with Gasteiger partial charge in [-0.2, -0.15) is 5.26 Å². The molecule has 2 rings (SSSR count). The Hall–Kier alpha value is -2.18. The number of benzene rings is 1. The highest BCUT2D eigenvalue weighted by molar-refractivity contribution is 5.26. The number of hydrogen-bond donors (Lipinski definition) is 1. The topological polar surface area (TPSA) is 48.7 Å². The third-order valence-corrected chi connectivity index (χ3v) is 3.13. The Balaban J connectivity index is 1.98. The van der Waals surface area contributed by atoms with Crippen LogP contribution >= 0.6 is 0 Å². The number of aromatic nitrogens is 1. The number of nitriles is 1. The molecular weight excluding hydrogens is 234 g/mol. The largest absolute Gasteiger partial charge is 0.306 e. The van der Waals surface area contributed by atoms with Crippen LogP contribution in [0.15, 0.2) is 42.6 Å². The van der Waals surface area contributed by atoms with Crippen molar-refractivity contribution >= 4 is 0 Å². The van der Waals surface area contributed by atoms with Crippen LogP contribution in [0, 0.1) is 18.3 Å². The van der Waals surface area contributed by atoms with E-state index in [0.29, 0.717) is 5.69 Å². The van der Waals surface area contributed by atoms with Crippen LogP contribution in [0.1, 0.15) is 35.3 Å². The summed E-state index contributed by atoms with van der Waals surface area (Å²) >= 11 is 0. The maximum atomic E-state index is 8.81. The van der Waals surface area contributed by atoms with E-state index >= 15 is 0 Å². The van der Waals surface area contributed by atoms with Crippen molar-refractivity contribution < 1.29 is 0 Å². The van der Waals surface area contributed by atoms with E-state index in [1.807, 2.05) is 12.1 Å². The van der Waals surface area contributed by atoms with E-state index in [0.717, 1.165) is 12.1 Å². The molecule has 2 aromatic rings. The van der Waals surface area contributed by atoms with Gasteiger partial charge in [-0.05, 0) is 37.1 Å². The molecule has 0 aliphatic heterocycles. The lowest BCUT2D eigenvalue weighted by atomic mass is 10.1. The van der Waals surface area contributed by atoms with Crippen molar-refractivity contribution in [3.05, 3.63) is 65.0 Å². The van der Waals surface area contributed by atoms with Gasteiger partial charge in [-0.15, -0.1) is 0 Å². The van der Waals surface area contributed by atoms with E-state index in [-0.39, 0.29) is 6.04 Å². The lowest BCUT2D eigenvalue weighted by Gasteiger charge is -2.14. The molecule has 1 heterocycles. The minimum absolute atomic E-state index is 0.277. The summed E-state index contributed by atoms with van der Waals surface area (Å²) in [6.07, 6.45) is 1.67. The molecule has 0 amide bonds. The van der Waals surface area contributed by atoms with Crippen LogP contribution in [-0.2, 0) is 6.54 Å². The molecular formula is C16H17N3. The normalized spacial score (nSPS) is 11.8. The van der Waals surface area contributed by atoms with Crippen LogP contribution < -0.4 is 5.32 Å². The first-order valence-electron chi connectivity index (χ1n) is 6.34.